The smallest absolute Gasteiger partial charge is 0.871 e. The maximum atomic E-state index is 12.5. The molecule has 0 aliphatic carbocycles. The molecule has 0 aromatic heterocycles. The zero-order valence-electron chi connectivity index (χ0n) is 17.4. The average molecular weight is 429 g/mol. The molecular formula is C22H29NaO5S. The van der Waals surface area contributed by atoms with Crippen LogP contribution in [0.5, 0.6) is 17.2 Å². The van der Waals surface area contributed by atoms with Crippen LogP contribution < -0.4 is 39.4 Å². The SMILES string of the molecule is CCCCCCCCCCc1cc(Oc2ccccc2)cc(S(=O)(=O)O)c1[O-].[Na+]. The van der Waals surface area contributed by atoms with Crippen LogP contribution >= 0.6 is 0 Å². The van der Waals surface area contributed by atoms with Crippen molar-refractivity contribution in [1.82, 2.24) is 0 Å². The van der Waals surface area contributed by atoms with Gasteiger partial charge < -0.3 is 9.84 Å². The summed E-state index contributed by atoms with van der Waals surface area (Å²) in [6, 6.07) is 11.6. The molecule has 0 heterocycles. The Morgan fingerprint density at radius 3 is 2.07 bits per heavy atom. The third-order valence-corrected chi connectivity index (χ3v) is 5.52. The first-order valence-electron chi connectivity index (χ1n) is 9.96. The molecule has 0 aliphatic rings. The van der Waals surface area contributed by atoms with Crippen molar-refractivity contribution in [2.75, 3.05) is 0 Å². The van der Waals surface area contributed by atoms with Crippen LogP contribution in [0.3, 0.4) is 0 Å². The summed E-state index contributed by atoms with van der Waals surface area (Å²) in [5.74, 6) is 0.110. The summed E-state index contributed by atoms with van der Waals surface area (Å²) >= 11 is 0. The van der Waals surface area contributed by atoms with Gasteiger partial charge >= 0.3 is 29.6 Å². The number of rotatable bonds is 12. The van der Waals surface area contributed by atoms with Crippen LogP contribution in [-0.2, 0) is 16.5 Å². The molecule has 2 aromatic carbocycles. The topological polar surface area (TPSA) is 86.7 Å². The Morgan fingerprint density at radius 1 is 0.897 bits per heavy atom. The van der Waals surface area contributed by atoms with E-state index < -0.39 is 20.8 Å². The molecule has 0 radical (unpaired) electrons. The summed E-state index contributed by atoms with van der Waals surface area (Å²) in [4.78, 5) is -0.629. The largest absolute Gasteiger partial charge is 1.00 e. The molecule has 2 rings (SSSR count). The molecular weight excluding hydrogens is 399 g/mol. The van der Waals surface area contributed by atoms with Crippen LogP contribution in [0.1, 0.15) is 63.9 Å². The number of para-hydroxylation sites is 1. The van der Waals surface area contributed by atoms with E-state index in [-0.39, 0.29) is 35.3 Å². The van der Waals surface area contributed by atoms with Crippen LogP contribution in [0.25, 0.3) is 0 Å². The second kappa shape index (κ2) is 13.3. The summed E-state index contributed by atoms with van der Waals surface area (Å²) in [6.45, 7) is 2.19. The fourth-order valence-corrected chi connectivity index (χ4v) is 3.77. The molecule has 0 saturated heterocycles. The Kier molecular flexibility index (Phi) is 11.9. The number of benzene rings is 2. The van der Waals surface area contributed by atoms with E-state index in [1.807, 2.05) is 6.07 Å². The molecule has 154 valence electrons. The van der Waals surface area contributed by atoms with Crippen molar-refractivity contribution in [2.24, 2.45) is 0 Å². The molecule has 1 N–H and O–H groups in total. The molecule has 0 fully saturated rings. The zero-order chi connectivity index (χ0) is 20.4. The monoisotopic (exact) mass is 428 g/mol. The number of hydrogen-bond acceptors (Lipinski definition) is 4. The van der Waals surface area contributed by atoms with Gasteiger partial charge in [0.1, 0.15) is 11.5 Å². The van der Waals surface area contributed by atoms with E-state index in [0.29, 0.717) is 17.7 Å². The van der Waals surface area contributed by atoms with Crippen molar-refractivity contribution in [1.29, 1.82) is 0 Å². The maximum Gasteiger partial charge on any atom is 1.00 e. The van der Waals surface area contributed by atoms with Gasteiger partial charge in [-0.05, 0) is 31.0 Å². The van der Waals surface area contributed by atoms with Gasteiger partial charge in [-0.25, -0.2) is 0 Å². The van der Waals surface area contributed by atoms with Gasteiger partial charge in [-0.1, -0.05) is 81.4 Å². The summed E-state index contributed by atoms with van der Waals surface area (Å²) < 4.78 is 38.3. The number of hydrogen-bond donors (Lipinski definition) is 1. The van der Waals surface area contributed by atoms with Crippen molar-refractivity contribution in [3.63, 3.8) is 0 Å². The van der Waals surface area contributed by atoms with E-state index in [1.165, 1.54) is 32.1 Å². The van der Waals surface area contributed by atoms with E-state index in [2.05, 4.69) is 6.92 Å². The average Bonchev–Trinajstić information content (AvgIpc) is 2.66. The first-order valence-corrected chi connectivity index (χ1v) is 11.4. The van der Waals surface area contributed by atoms with E-state index in [1.54, 1.807) is 30.3 Å². The van der Waals surface area contributed by atoms with Gasteiger partial charge in [0, 0.05) is 6.07 Å². The zero-order valence-corrected chi connectivity index (χ0v) is 20.2. The minimum Gasteiger partial charge on any atom is -0.871 e. The molecule has 29 heavy (non-hydrogen) atoms. The van der Waals surface area contributed by atoms with Gasteiger partial charge in [0.25, 0.3) is 10.1 Å². The van der Waals surface area contributed by atoms with Crippen LogP contribution in [0.4, 0.5) is 0 Å². The van der Waals surface area contributed by atoms with Gasteiger partial charge in [-0.3, -0.25) is 4.55 Å². The minimum atomic E-state index is -4.61. The molecule has 0 amide bonds. The molecule has 0 bridgehead atoms. The molecule has 0 saturated carbocycles. The Bertz CT molecular complexity index is 838. The van der Waals surface area contributed by atoms with Crippen molar-refractivity contribution >= 4 is 10.1 Å². The molecule has 0 atom stereocenters. The van der Waals surface area contributed by atoms with Crippen LogP contribution in [-0.4, -0.2) is 13.0 Å². The van der Waals surface area contributed by atoms with E-state index >= 15 is 0 Å². The van der Waals surface area contributed by atoms with E-state index in [0.717, 1.165) is 25.3 Å². The summed E-state index contributed by atoms with van der Waals surface area (Å²) in [7, 11) is -4.61. The third-order valence-electron chi connectivity index (χ3n) is 4.66. The fraction of sp³-hybridized carbons (Fsp3) is 0.455. The van der Waals surface area contributed by atoms with E-state index in [4.69, 9.17) is 4.74 Å². The van der Waals surface area contributed by atoms with Crippen molar-refractivity contribution < 1.29 is 52.4 Å². The predicted octanol–water partition coefficient (Wildman–Crippen LogP) is 2.49. The fourth-order valence-electron chi connectivity index (χ4n) is 3.14. The van der Waals surface area contributed by atoms with Crippen molar-refractivity contribution in [3.8, 4) is 17.2 Å². The maximum absolute atomic E-state index is 12.5. The van der Waals surface area contributed by atoms with Crippen molar-refractivity contribution in [3.05, 3.63) is 48.0 Å². The Balaban J connectivity index is 0.00000420. The van der Waals surface area contributed by atoms with Gasteiger partial charge in [-0.2, -0.15) is 8.42 Å². The molecule has 0 spiro atoms. The minimum absolute atomic E-state index is 0. The molecule has 7 heteroatoms. The van der Waals surface area contributed by atoms with Crippen LogP contribution in [0, 0.1) is 0 Å². The quantitative estimate of drug-likeness (QED) is 0.319. The van der Waals surface area contributed by atoms with Gasteiger partial charge in [0.05, 0.1) is 4.90 Å². The molecule has 0 unspecified atom stereocenters. The van der Waals surface area contributed by atoms with Crippen LogP contribution in [0.15, 0.2) is 47.4 Å². The van der Waals surface area contributed by atoms with E-state index in [9.17, 15) is 18.1 Å². The van der Waals surface area contributed by atoms with Gasteiger partial charge in [0.2, 0.25) is 0 Å². The van der Waals surface area contributed by atoms with Gasteiger partial charge in [0.15, 0.2) is 0 Å². The normalized spacial score (nSPS) is 11.1. The Morgan fingerprint density at radius 2 is 1.48 bits per heavy atom. The molecule has 2 aromatic rings. The second-order valence-electron chi connectivity index (χ2n) is 7.02. The van der Waals surface area contributed by atoms with Gasteiger partial charge in [-0.15, -0.1) is 0 Å². The number of ether oxygens (including phenoxy) is 1. The second-order valence-corrected chi connectivity index (χ2v) is 8.41. The standard InChI is InChI=1S/C22H30O5S.Na/c1-2-3-4-5-6-7-8-10-13-18-16-20(27-19-14-11-9-12-15-19)17-21(22(18)23)28(24,25)26;/h9,11-12,14-17,23H,2-8,10,13H2,1H3,(H,24,25,26);/q;+1/p-1. The first kappa shape index (κ1) is 26.0. The molecule has 5 nitrogen and oxygen atoms in total. The number of unbranched alkanes of at least 4 members (excludes halogenated alkanes) is 7. The van der Waals surface area contributed by atoms with Crippen molar-refractivity contribution in [2.45, 2.75) is 69.6 Å². The summed E-state index contributed by atoms with van der Waals surface area (Å²) in [5, 5.41) is 12.5. The summed E-state index contributed by atoms with van der Waals surface area (Å²) in [5.41, 5.74) is 0.354. The third kappa shape index (κ3) is 9.09. The van der Waals surface area contributed by atoms with Crippen LogP contribution in [0.2, 0.25) is 0 Å². The summed E-state index contributed by atoms with van der Waals surface area (Å²) in [6.07, 6.45) is 9.50. The Hall–Kier alpha value is -1.05. The predicted molar refractivity (Wildman–Crippen MR) is 109 cm³/mol. The first-order chi connectivity index (χ1) is 13.4. The number of aryl methyl sites for hydroxylation is 1. The Labute approximate surface area is 196 Å². The molecule has 0 aliphatic heterocycles.